The Labute approximate surface area is 185 Å². The number of hydrogen-bond donors (Lipinski definition) is 0. The van der Waals surface area contributed by atoms with Crippen molar-refractivity contribution in [2.24, 2.45) is 4.99 Å². The monoisotopic (exact) mass is 432 g/mol. The molecule has 9 nitrogen and oxygen atoms in total. The molecule has 32 heavy (non-hydrogen) atoms. The summed E-state index contributed by atoms with van der Waals surface area (Å²) in [5.74, 6) is 1.62. The van der Waals surface area contributed by atoms with Gasteiger partial charge in [-0.25, -0.2) is 15.0 Å². The lowest BCUT2D eigenvalue weighted by atomic mass is 10.0. The minimum atomic E-state index is -0.131. The third kappa shape index (κ3) is 3.93. The van der Waals surface area contributed by atoms with Gasteiger partial charge in [0.1, 0.15) is 5.82 Å². The number of fused-ring (bicyclic) bond motifs is 1. The summed E-state index contributed by atoms with van der Waals surface area (Å²) in [7, 11) is 0. The van der Waals surface area contributed by atoms with E-state index >= 15 is 0 Å². The van der Waals surface area contributed by atoms with Gasteiger partial charge in [0.15, 0.2) is 6.39 Å². The maximum Gasteiger partial charge on any atom is 0.291 e. The van der Waals surface area contributed by atoms with Crippen molar-refractivity contribution in [3.05, 3.63) is 65.6 Å². The maximum atomic E-state index is 12.5. The molecule has 3 aromatic heterocycles. The van der Waals surface area contributed by atoms with Crippen LogP contribution in [-0.4, -0.2) is 63.8 Å². The van der Waals surface area contributed by atoms with E-state index in [4.69, 9.17) is 14.1 Å². The number of piperazine rings is 1. The van der Waals surface area contributed by atoms with Crippen LogP contribution in [0.15, 0.2) is 52.6 Å². The number of pyridine rings is 2. The van der Waals surface area contributed by atoms with Crippen molar-refractivity contribution in [1.82, 2.24) is 19.9 Å². The highest BCUT2D eigenvalue weighted by Gasteiger charge is 2.25. The van der Waals surface area contributed by atoms with Crippen LogP contribution in [0.3, 0.4) is 0 Å². The van der Waals surface area contributed by atoms with Crippen LogP contribution in [0.5, 0.6) is 5.88 Å². The molecule has 3 aromatic rings. The van der Waals surface area contributed by atoms with Crippen molar-refractivity contribution in [1.29, 1.82) is 0 Å². The zero-order valence-electron chi connectivity index (χ0n) is 18.1. The molecule has 9 heteroatoms. The fourth-order valence-electron chi connectivity index (χ4n) is 3.97. The van der Waals surface area contributed by atoms with Gasteiger partial charge in [0, 0.05) is 61.3 Å². The van der Waals surface area contributed by atoms with Crippen molar-refractivity contribution in [2.75, 3.05) is 31.1 Å². The van der Waals surface area contributed by atoms with Gasteiger partial charge < -0.3 is 19.0 Å². The van der Waals surface area contributed by atoms with E-state index in [9.17, 15) is 4.79 Å². The third-order valence-electron chi connectivity index (χ3n) is 5.53. The lowest BCUT2D eigenvalue weighted by Crippen LogP contribution is -2.49. The summed E-state index contributed by atoms with van der Waals surface area (Å²) in [6.07, 6.45) is 6.44. The number of carbonyl (C=O) groups excluding carboxylic acids is 1. The molecule has 0 N–H and O–H groups in total. The molecule has 0 unspecified atom stereocenters. The lowest BCUT2D eigenvalue weighted by Gasteiger charge is -2.35. The van der Waals surface area contributed by atoms with Gasteiger partial charge in [-0.3, -0.25) is 9.79 Å². The summed E-state index contributed by atoms with van der Waals surface area (Å²) in [4.78, 5) is 34.0. The summed E-state index contributed by atoms with van der Waals surface area (Å²) in [5.41, 5.74) is 4.08. The van der Waals surface area contributed by atoms with Gasteiger partial charge in [-0.05, 0) is 26.0 Å². The summed E-state index contributed by atoms with van der Waals surface area (Å²) in [6.45, 7) is 7.15. The molecule has 164 valence electrons. The zero-order chi connectivity index (χ0) is 22.1. The number of carbonyl (C=O) groups is 1. The van der Waals surface area contributed by atoms with Gasteiger partial charge in [0.2, 0.25) is 11.6 Å². The normalized spacial score (nSPS) is 15.7. The Morgan fingerprint density at radius 2 is 1.97 bits per heavy atom. The van der Waals surface area contributed by atoms with Crippen molar-refractivity contribution >= 4 is 17.4 Å². The average Bonchev–Trinajstić information content (AvgIpc) is 3.49. The number of amides is 1. The number of oxazole rings is 1. The molecule has 2 aliphatic heterocycles. The van der Waals surface area contributed by atoms with Crippen LogP contribution in [0.1, 0.15) is 41.1 Å². The smallest absolute Gasteiger partial charge is 0.291 e. The molecule has 0 saturated carbocycles. The Morgan fingerprint density at radius 3 is 2.72 bits per heavy atom. The number of rotatable bonds is 5. The fourth-order valence-corrected chi connectivity index (χ4v) is 3.97. The molecular weight excluding hydrogens is 408 g/mol. The Balaban J connectivity index is 1.31. The molecule has 0 atom stereocenters. The van der Waals surface area contributed by atoms with Crippen molar-refractivity contribution in [3.8, 4) is 5.88 Å². The Hall–Kier alpha value is -3.75. The van der Waals surface area contributed by atoms with E-state index in [-0.39, 0.29) is 17.8 Å². The molecule has 0 aliphatic carbocycles. The second kappa shape index (κ2) is 8.41. The van der Waals surface area contributed by atoms with Crippen LogP contribution in [0, 0.1) is 0 Å². The molecule has 2 aliphatic rings. The van der Waals surface area contributed by atoms with Crippen molar-refractivity contribution in [3.63, 3.8) is 0 Å². The number of nitrogens with zero attached hydrogens (tertiary/aromatic N) is 6. The second-order valence-corrected chi connectivity index (χ2v) is 8.06. The first-order valence-electron chi connectivity index (χ1n) is 10.7. The van der Waals surface area contributed by atoms with E-state index in [1.807, 2.05) is 38.4 Å². The first kappa shape index (κ1) is 20.2. The van der Waals surface area contributed by atoms with Gasteiger partial charge in [-0.1, -0.05) is 0 Å². The van der Waals surface area contributed by atoms with E-state index in [0.29, 0.717) is 38.6 Å². The van der Waals surface area contributed by atoms with Crippen LogP contribution in [-0.2, 0) is 6.54 Å². The van der Waals surface area contributed by atoms with Gasteiger partial charge in [-0.15, -0.1) is 0 Å². The third-order valence-corrected chi connectivity index (χ3v) is 5.53. The minimum Gasteiger partial charge on any atom is -0.475 e. The Bertz CT molecular complexity index is 1150. The highest BCUT2D eigenvalue weighted by atomic mass is 16.5. The van der Waals surface area contributed by atoms with Crippen LogP contribution in [0.4, 0.5) is 5.82 Å². The molecular formula is C23H24N6O3. The van der Waals surface area contributed by atoms with Crippen LogP contribution < -0.4 is 9.64 Å². The van der Waals surface area contributed by atoms with E-state index in [2.05, 4.69) is 25.9 Å². The van der Waals surface area contributed by atoms with Crippen LogP contribution in [0.25, 0.3) is 0 Å². The fraction of sp³-hybridized carbons (Fsp3) is 0.348. The maximum absolute atomic E-state index is 12.5. The van der Waals surface area contributed by atoms with Gasteiger partial charge in [0.25, 0.3) is 5.91 Å². The largest absolute Gasteiger partial charge is 0.475 e. The number of aromatic nitrogens is 3. The predicted molar refractivity (Wildman–Crippen MR) is 118 cm³/mol. The number of anilines is 1. The molecule has 0 aromatic carbocycles. The Morgan fingerprint density at radius 1 is 1.12 bits per heavy atom. The molecule has 1 amide bonds. The molecule has 0 bridgehead atoms. The highest BCUT2D eigenvalue weighted by Crippen LogP contribution is 2.27. The van der Waals surface area contributed by atoms with Crippen molar-refractivity contribution < 1.29 is 13.9 Å². The van der Waals surface area contributed by atoms with Gasteiger partial charge in [0.05, 0.1) is 24.6 Å². The highest BCUT2D eigenvalue weighted by molar-refractivity contribution is 6.15. The topological polar surface area (TPSA) is 97.0 Å². The summed E-state index contributed by atoms with van der Waals surface area (Å²) in [6, 6.07) is 6.00. The summed E-state index contributed by atoms with van der Waals surface area (Å²) >= 11 is 0. The number of ether oxygens (including phenoxy) is 1. The van der Waals surface area contributed by atoms with Gasteiger partial charge >= 0.3 is 0 Å². The molecule has 5 heterocycles. The SMILES string of the molecule is CC(C)Oc1cc2c(cn1)CN=C2c1ccnc(N2CCN(C(=O)c3cnco3)CC2)c1. The first-order chi connectivity index (χ1) is 15.6. The predicted octanol–water partition coefficient (Wildman–Crippen LogP) is 2.57. The number of hydrogen-bond acceptors (Lipinski definition) is 8. The first-order valence-corrected chi connectivity index (χ1v) is 10.7. The lowest BCUT2D eigenvalue weighted by molar-refractivity contribution is 0.0714. The zero-order valence-corrected chi connectivity index (χ0v) is 18.1. The summed E-state index contributed by atoms with van der Waals surface area (Å²) < 4.78 is 10.9. The number of aliphatic imine (C=N–C) groups is 1. The molecule has 1 saturated heterocycles. The standard InChI is InChI=1S/C23H24N6O3/c1-15(2)32-21-10-18-17(11-26-21)12-27-22(18)16-3-4-25-20(9-16)28-5-7-29(8-6-28)23(30)19-13-24-14-31-19/h3-4,9-11,13-15H,5-8,12H2,1-2H3. The molecule has 0 spiro atoms. The van der Waals surface area contributed by atoms with Crippen LogP contribution in [0.2, 0.25) is 0 Å². The average molecular weight is 432 g/mol. The van der Waals surface area contributed by atoms with E-state index in [1.54, 1.807) is 4.90 Å². The molecule has 1 fully saturated rings. The minimum absolute atomic E-state index is 0.0597. The van der Waals surface area contributed by atoms with E-state index < -0.39 is 0 Å². The van der Waals surface area contributed by atoms with Crippen molar-refractivity contribution in [2.45, 2.75) is 26.5 Å². The van der Waals surface area contributed by atoms with E-state index in [0.717, 1.165) is 28.2 Å². The molecule has 5 rings (SSSR count). The quantitative estimate of drug-likeness (QED) is 0.611. The molecule has 0 radical (unpaired) electrons. The second-order valence-electron chi connectivity index (χ2n) is 8.06. The van der Waals surface area contributed by atoms with Crippen LogP contribution >= 0.6 is 0 Å². The Kier molecular flexibility index (Phi) is 5.30. The van der Waals surface area contributed by atoms with Gasteiger partial charge in [-0.2, -0.15) is 0 Å². The van der Waals surface area contributed by atoms with E-state index in [1.165, 1.54) is 12.6 Å². The summed E-state index contributed by atoms with van der Waals surface area (Å²) in [5, 5.41) is 0.